The summed E-state index contributed by atoms with van der Waals surface area (Å²) < 4.78 is 2.15. The number of nitrogens with zero attached hydrogens (tertiary/aromatic N) is 2. The van der Waals surface area contributed by atoms with E-state index in [1.165, 1.54) is 23.4 Å². The second-order valence-corrected chi connectivity index (χ2v) is 4.56. The minimum atomic E-state index is 0.507. The number of rotatable bonds is 1. The van der Waals surface area contributed by atoms with Crippen molar-refractivity contribution in [1.82, 2.24) is 9.78 Å². The van der Waals surface area contributed by atoms with Gasteiger partial charge in [0.15, 0.2) is 0 Å². The van der Waals surface area contributed by atoms with Crippen molar-refractivity contribution in [1.29, 1.82) is 0 Å². The Morgan fingerprint density at radius 1 is 1.58 bits per heavy atom. The van der Waals surface area contributed by atoms with E-state index in [0.717, 1.165) is 5.75 Å². The van der Waals surface area contributed by atoms with Crippen LogP contribution in [0, 0.1) is 0 Å². The van der Waals surface area contributed by atoms with E-state index in [-0.39, 0.29) is 0 Å². The average Bonchev–Trinajstić information content (AvgIpc) is 2.47. The Balaban J connectivity index is 2.38. The van der Waals surface area contributed by atoms with E-state index in [1.807, 2.05) is 18.0 Å². The van der Waals surface area contributed by atoms with Crippen molar-refractivity contribution in [3.63, 3.8) is 0 Å². The molecule has 1 aromatic rings. The lowest BCUT2D eigenvalue weighted by Crippen LogP contribution is -2.10. The van der Waals surface area contributed by atoms with Crippen molar-refractivity contribution in [3.8, 4) is 0 Å². The van der Waals surface area contributed by atoms with E-state index in [2.05, 4.69) is 23.6 Å². The van der Waals surface area contributed by atoms with Crippen LogP contribution in [0.2, 0.25) is 0 Å². The van der Waals surface area contributed by atoms with Crippen LogP contribution in [0.25, 0.3) is 0 Å². The van der Waals surface area contributed by atoms with Crippen LogP contribution in [-0.4, -0.2) is 15.5 Å². The summed E-state index contributed by atoms with van der Waals surface area (Å²) >= 11 is 2.01. The maximum absolute atomic E-state index is 4.40. The fraction of sp³-hybridized carbons (Fsp3) is 0.667. The molecular formula is C9H14N2S. The molecule has 12 heavy (non-hydrogen) atoms. The number of thioether (sulfide) groups is 1. The predicted octanol–water partition coefficient (Wildman–Crippen LogP) is 2.25. The Hall–Kier alpha value is -0.440. The first-order chi connectivity index (χ1) is 5.79. The van der Waals surface area contributed by atoms with Crippen molar-refractivity contribution >= 4 is 11.8 Å². The third-order valence-corrected chi connectivity index (χ3v) is 3.20. The zero-order chi connectivity index (χ0) is 8.55. The molecular weight excluding hydrogens is 168 g/mol. The van der Waals surface area contributed by atoms with Gasteiger partial charge in [0.25, 0.3) is 0 Å². The Morgan fingerprint density at radius 3 is 3.17 bits per heavy atom. The fourth-order valence-corrected chi connectivity index (χ4v) is 2.61. The lowest BCUT2D eigenvalue weighted by atomic mass is 10.2. The molecule has 0 radical (unpaired) electrons. The van der Waals surface area contributed by atoms with Crippen LogP contribution < -0.4 is 0 Å². The van der Waals surface area contributed by atoms with E-state index < -0.39 is 0 Å². The van der Waals surface area contributed by atoms with E-state index in [9.17, 15) is 0 Å². The predicted molar refractivity (Wildman–Crippen MR) is 52.5 cm³/mol. The number of aryl methyl sites for hydroxylation is 1. The molecule has 66 valence electrons. The van der Waals surface area contributed by atoms with Crippen LogP contribution >= 0.6 is 11.8 Å². The van der Waals surface area contributed by atoms with Gasteiger partial charge in [-0.1, -0.05) is 0 Å². The molecule has 0 saturated carbocycles. The van der Waals surface area contributed by atoms with Gasteiger partial charge in [-0.2, -0.15) is 16.9 Å². The third kappa shape index (κ3) is 1.26. The maximum Gasteiger partial charge on any atom is 0.0525 e. The normalized spacial score (nSPS) is 16.6. The summed E-state index contributed by atoms with van der Waals surface area (Å²) in [5, 5.41) is 4.40. The molecule has 0 aromatic carbocycles. The van der Waals surface area contributed by atoms with Crippen LogP contribution in [0.15, 0.2) is 6.20 Å². The van der Waals surface area contributed by atoms with Crippen LogP contribution in [0.4, 0.5) is 0 Å². The van der Waals surface area contributed by atoms with Crippen molar-refractivity contribution in [2.45, 2.75) is 32.1 Å². The number of hydrogen-bond donors (Lipinski definition) is 0. The van der Waals surface area contributed by atoms with Gasteiger partial charge in [0.1, 0.15) is 0 Å². The molecule has 1 aliphatic rings. The highest BCUT2D eigenvalue weighted by Gasteiger charge is 2.16. The summed E-state index contributed by atoms with van der Waals surface area (Å²) in [6.07, 6.45) is 3.24. The zero-order valence-corrected chi connectivity index (χ0v) is 8.40. The van der Waals surface area contributed by atoms with Gasteiger partial charge in [-0.25, -0.2) is 0 Å². The lowest BCUT2D eigenvalue weighted by Gasteiger charge is -2.15. The Kier molecular flexibility index (Phi) is 2.13. The van der Waals surface area contributed by atoms with Gasteiger partial charge in [-0.15, -0.1) is 0 Å². The standard InChI is InChI=1S/C9H14N2S/c1-7(2)11-9-6-12-4-3-8(9)5-10-11/h5,7H,3-4,6H2,1-2H3. The molecule has 0 bridgehead atoms. The van der Waals surface area contributed by atoms with E-state index >= 15 is 0 Å². The summed E-state index contributed by atoms with van der Waals surface area (Å²) in [4.78, 5) is 0. The molecule has 1 aliphatic heterocycles. The number of fused-ring (bicyclic) bond motifs is 1. The highest BCUT2D eigenvalue weighted by molar-refractivity contribution is 7.98. The van der Waals surface area contributed by atoms with Crippen molar-refractivity contribution in [2.24, 2.45) is 0 Å². The van der Waals surface area contributed by atoms with Gasteiger partial charge in [-0.3, -0.25) is 4.68 Å². The smallest absolute Gasteiger partial charge is 0.0525 e. The summed E-state index contributed by atoms with van der Waals surface area (Å²) in [6.45, 7) is 4.37. The fourth-order valence-electron chi connectivity index (χ4n) is 1.59. The van der Waals surface area contributed by atoms with Crippen LogP contribution in [0.3, 0.4) is 0 Å². The summed E-state index contributed by atoms with van der Waals surface area (Å²) in [5.74, 6) is 2.41. The molecule has 0 spiro atoms. The third-order valence-electron chi connectivity index (χ3n) is 2.23. The van der Waals surface area contributed by atoms with Crippen LogP contribution in [-0.2, 0) is 12.2 Å². The van der Waals surface area contributed by atoms with E-state index in [4.69, 9.17) is 0 Å². The van der Waals surface area contributed by atoms with Gasteiger partial charge in [-0.05, 0) is 31.6 Å². The average molecular weight is 182 g/mol. The van der Waals surface area contributed by atoms with Gasteiger partial charge in [0.05, 0.1) is 11.9 Å². The van der Waals surface area contributed by atoms with Crippen LogP contribution in [0.1, 0.15) is 31.1 Å². The highest BCUT2D eigenvalue weighted by atomic mass is 32.2. The molecule has 1 aromatic heterocycles. The SMILES string of the molecule is CC(C)n1ncc2c1CSCC2. The Morgan fingerprint density at radius 2 is 2.42 bits per heavy atom. The minimum Gasteiger partial charge on any atom is -0.266 e. The molecule has 3 heteroatoms. The molecule has 0 aliphatic carbocycles. The molecule has 2 heterocycles. The Labute approximate surface area is 77.3 Å². The largest absolute Gasteiger partial charge is 0.266 e. The number of aromatic nitrogens is 2. The quantitative estimate of drug-likeness (QED) is 0.663. The first-order valence-corrected chi connectivity index (χ1v) is 5.57. The molecule has 0 N–H and O–H groups in total. The Bertz CT molecular complexity index is 278. The maximum atomic E-state index is 4.40. The zero-order valence-electron chi connectivity index (χ0n) is 7.58. The second kappa shape index (κ2) is 3.13. The van der Waals surface area contributed by atoms with Gasteiger partial charge >= 0.3 is 0 Å². The number of hydrogen-bond acceptors (Lipinski definition) is 2. The first kappa shape index (κ1) is 8.17. The molecule has 0 amide bonds. The molecule has 0 saturated heterocycles. The molecule has 0 atom stereocenters. The molecule has 0 fully saturated rings. The molecule has 0 unspecified atom stereocenters. The van der Waals surface area contributed by atoms with Gasteiger partial charge in [0, 0.05) is 11.8 Å². The first-order valence-electron chi connectivity index (χ1n) is 4.42. The van der Waals surface area contributed by atoms with E-state index in [1.54, 1.807) is 0 Å². The van der Waals surface area contributed by atoms with Crippen molar-refractivity contribution in [2.75, 3.05) is 5.75 Å². The summed E-state index contributed by atoms with van der Waals surface area (Å²) in [6, 6.07) is 0.507. The summed E-state index contributed by atoms with van der Waals surface area (Å²) in [5.41, 5.74) is 2.91. The molecule has 2 nitrogen and oxygen atoms in total. The minimum absolute atomic E-state index is 0.507. The van der Waals surface area contributed by atoms with Gasteiger partial charge < -0.3 is 0 Å². The monoisotopic (exact) mass is 182 g/mol. The molecule has 2 rings (SSSR count). The lowest BCUT2D eigenvalue weighted by molar-refractivity contribution is 0.516. The van der Waals surface area contributed by atoms with Crippen LogP contribution in [0.5, 0.6) is 0 Å². The second-order valence-electron chi connectivity index (χ2n) is 3.46. The van der Waals surface area contributed by atoms with Crippen molar-refractivity contribution < 1.29 is 0 Å². The van der Waals surface area contributed by atoms with Crippen molar-refractivity contribution in [3.05, 3.63) is 17.5 Å². The topological polar surface area (TPSA) is 17.8 Å². The summed E-state index contributed by atoms with van der Waals surface area (Å²) in [7, 11) is 0. The highest BCUT2D eigenvalue weighted by Crippen LogP contribution is 2.25. The van der Waals surface area contributed by atoms with Gasteiger partial charge in [0.2, 0.25) is 0 Å². The van der Waals surface area contributed by atoms with E-state index in [0.29, 0.717) is 6.04 Å².